The first-order valence-corrected chi connectivity index (χ1v) is 8.94. The first kappa shape index (κ1) is 16.9. The number of carbonyl (C=O) groups is 1. The minimum Gasteiger partial charge on any atom is -0.379 e. The lowest BCUT2D eigenvalue weighted by Crippen LogP contribution is -2.51. The number of halogens is 1. The van der Waals surface area contributed by atoms with E-state index in [1.54, 1.807) is 6.92 Å². The number of nitrogens with two attached hydrogens (primary N) is 1. The highest BCUT2D eigenvalue weighted by Gasteiger charge is 2.39. The van der Waals surface area contributed by atoms with Crippen molar-refractivity contribution in [2.24, 2.45) is 5.73 Å². The van der Waals surface area contributed by atoms with E-state index in [1.165, 1.54) is 0 Å². The maximum Gasteiger partial charge on any atom is 0.247 e. The van der Waals surface area contributed by atoms with Crippen LogP contribution in [0.5, 0.6) is 0 Å². The predicted octanol–water partition coefficient (Wildman–Crippen LogP) is 1.56. The highest BCUT2D eigenvalue weighted by Crippen LogP contribution is 2.26. The van der Waals surface area contributed by atoms with Crippen molar-refractivity contribution in [2.45, 2.75) is 24.9 Å². The summed E-state index contributed by atoms with van der Waals surface area (Å²) in [5.41, 5.74) is 6.26. The zero-order valence-electron chi connectivity index (χ0n) is 13.5. The summed E-state index contributed by atoms with van der Waals surface area (Å²) in [7, 11) is 0. The Hall–Kier alpha value is -0.950. The number of likely N-dealkylation sites (tertiary alicyclic amines) is 1. The van der Waals surface area contributed by atoms with Gasteiger partial charge in [-0.25, -0.2) is 0 Å². The van der Waals surface area contributed by atoms with Gasteiger partial charge in [0.05, 0.1) is 13.2 Å². The molecule has 0 aliphatic carbocycles. The minimum atomic E-state index is -0.986. The average Bonchev–Trinajstić information content (AvgIpc) is 3.05. The lowest BCUT2D eigenvalue weighted by atomic mass is 9.92. The van der Waals surface area contributed by atoms with Crippen molar-refractivity contribution >= 4 is 21.8 Å². The smallest absolute Gasteiger partial charge is 0.247 e. The van der Waals surface area contributed by atoms with Crippen LogP contribution >= 0.6 is 15.9 Å². The second-order valence-corrected chi connectivity index (χ2v) is 7.47. The van der Waals surface area contributed by atoms with E-state index in [4.69, 9.17) is 10.5 Å². The van der Waals surface area contributed by atoms with E-state index < -0.39 is 5.54 Å². The van der Waals surface area contributed by atoms with Crippen molar-refractivity contribution in [1.29, 1.82) is 0 Å². The number of nitrogens with zero attached hydrogens (tertiary/aromatic N) is 2. The lowest BCUT2D eigenvalue weighted by Gasteiger charge is -2.33. The van der Waals surface area contributed by atoms with Crippen LogP contribution in [0.4, 0.5) is 0 Å². The van der Waals surface area contributed by atoms with Gasteiger partial charge in [0.1, 0.15) is 5.54 Å². The molecule has 2 atom stereocenters. The number of ether oxygens (including phenoxy) is 1. The number of benzene rings is 1. The lowest BCUT2D eigenvalue weighted by molar-refractivity contribution is -0.135. The standard InChI is InChI=1S/C17H24BrN3O2/c1-17(19,13-2-4-14(18)5-3-13)16(22)21-7-6-15(12-21)20-8-10-23-11-9-20/h2-5,15H,6-12,19H2,1H3. The molecule has 2 saturated heterocycles. The molecule has 1 aromatic carbocycles. The van der Waals surface area contributed by atoms with E-state index in [0.29, 0.717) is 6.04 Å². The molecule has 0 bridgehead atoms. The van der Waals surface area contributed by atoms with Crippen LogP contribution in [0.15, 0.2) is 28.7 Å². The van der Waals surface area contributed by atoms with Crippen LogP contribution in [0, 0.1) is 0 Å². The summed E-state index contributed by atoms with van der Waals surface area (Å²) in [5.74, 6) is 0.00980. The Morgan fingerprint density at radius 3 is 2.57 bits per heavy atom. The van der Waals surface area contributed by atoms with Crippen LogP contribution in [0.3, 0.4) is 0 Å². The van der Waals surface area contributed by atoms with E-state index in [9.17, 15) is 4.79 Å². The third-order valence-corrected chi connectivity index (χ3v) is 5.43. The molecule has 126 valence electrons. The largest absolute Gasteiger partial charge is 0.379 e. The Morgan fingerprint density at radius 1 is 1.26 bits per heavy atom. The summed E-state index contributed by atoms with van der Waals surface area (Å²) in [6.07, 6.45) is 1.02. The zero-order valence-corrected chi connectivity index (χ0v) is 15.1. The molecule has 6 heteroatoms. The Balaban J connectivity index is 1.66. The van der Waals surface area contributed by atoms with E-state index >= 15 is 0 Å². The van der Waals surface area contributed by atoms with Crippen LogP contribution in [-0.4, -0.2) is 61.1 Å². The van der Waals surface area contributed by atoms with Crippen molar-refractivity contribution in [2.75, 3.05) is 39.4 Å². The number of carbonyl (C=O) groups excluding carboxylic acids is 1. The molecule has 3 rings (SSSR count). The van der Waals surface area contributed by atoms with Crippen LogP contribution in [0.1, 0.15) is 18.9 Å². The van der Waals surface area contributed by atoms with Crippen molar-refractivity contribution in [3.05, 3.63) is 34.3 Å². The van der Waals surface area contributed by atoms with Gasteiger partial charge in [-0.2, -0.15) is 0 Å². The SMILES string of the molecule is CC(N)(C(=O)N1CCC(N2CCOCC2)C1)c1ccc(Br)cc1. The van der Waals surface area contributed by atoms with Gasteiger partial charge in [0.15, 0.2) is 0 Å². The summed E-state index contributed by atoms with van der Waals surface area (Å²) in [6.45, 7) is 6.85. The molecular formula is C17H24BrN3O2. The van der Waals surface area contributed by atoms with E-state index in [1.807, 2.05) is 29.2 Å². The van der Waals surface area contributed by atoms with Crippen molar-refractivity contribution < 1.29 is 9.53 Å². The molecule has 2 aliphatic heterocycles. The summed E-state index contributed by atoms with van der Waals surface area (Å²) in [5, 5.41) is 0. The summed E-state index contributed by atoms with van der Waals surface area (Å²) in [6, 6.07) is 8.11. The first-order chi connectivity index (χ1) is 11.0. The predicted molar refractivity (Wildman–Crippen MR) is 93.1 cm³/mol. The molecule has 2 aliphatic rings. The van der Waals surface area contributed by atoms with Gasteiger partial charge in [0.25, 0.3) is 0 Å². The topological polar surface area (TPSA) is 58.8 Å². The molecule has 2 fully saturated rings. The molecule has 2 heterocycles. The van der Waals surface area contributed by atoms with E-state index in [-0.39, 0.29) is 5.91 Å². The molecule has 1 amide bonds. The molecule has 0 spiro atoms. The molecule has 5 nitrogen and oxygen atoms in total. The first-order valence-electron chi connectivity index (χ1n) is 8.14. The van der Waals surface area contributed by atoms with Crippen molar-refractivity contribution in [3.63, 3.8) is 0 Å². The molecule has 23 heavy (non-hydrogen) atoms. The molecule has 0 saturated carbocycles. The van der Waals surface area contributed by atoms with Gasteiger partial charge >= 0.3 is 0 Å². The van der Waals surface area contributed by atoms with Crippen LogP contribution in [-0.2, 0) is 15.1 Å². The molecule has 1 aromatic rings. The summed E-state index contributed by atoms with van der Waals surface area (Å²) < 4.78 is 6.39. The fraction of sp³-hybridized carbons (Fsp3) is 0.588. The van der Waals surface area contributed by atoms with E-state index in [0.717, 1.165) is 55.8 Å². The number of morpholine rings is 1. The monoisotopic (exact) mass is 381 g/mol. The van der Waals surface area contributed by atoms with Crippen molar-refractivity contribution in [1.82, 2.24) is 9.80 Å². The highest BCUT2D eigenvalue weighted by atomic mass is 79.9. The third-order valence-electron chi connectivity index (χ3n) is 4.90. The van der Waals surface area contributed by atoms with Gasteiger partial charge in [-0.15, -0.1) is 0 Å². The molecule has 2 unspecified atom stereocenters. The number of hydrogen-bond donors (Lipinski definition) is 1. The number of rotatable bonds is 3. The summed E-state index contributed by atoms with van der Waals surface area (Å²) in [4.78, 5) is 17.3. The number of hydrogen-bond acceptors (Lipinski definition) is 4. The second-order valence-electron chi connectivity index (χ2n) is 6.55. The molecule has 0 aromatic heterocycles. The second kappa shape index (κ2) is 6.89. The van der Waals surface area contributed by atoms with Gasteiger partial charge in [-0.1, -0.05) is 28.1 Å². The maximum atomic E-state index is 12.9. The summed E-state index contributed by atoms with van der Waals surface area (Å²) >= 11 is 3.42. The maximum absolute atomic E-state index is 12.9. The molecule has 0 radical (unpaired) electrons. The molecule has 2 N–H and O–H groups in total. The fourth-order valence-corrected chi connectivity index (χ4v) is 3.68. The quantitative estimate of drug-likeness (QED) is 0.862. The number of amides is 1. The van der Waals surface area contributed by atoms with Crippen molar-refractivity contribution in [3.8, 4) is 0 Å². The van der Waals surface area contributed by atoms with E-state index in [2.05, 4.69) is 20.8 Å². The van der Waals surface area contributed by atoms with Crippen LogP contribution in [0.25, 0.3) is 0 Å². The molecular weight excluding hydrogens is 358 g/mol. The normalized spacial score (nSPS) is 25.3. The van der Waals surface area contributed by atoms with Gasteiger partial charge in [-0.05, 0) is 31.0 Å². The zero-order chi connectivity index (χ0) is 16.4. The van der Waals surface area contributed by atoms with Gasteiger partial charge in [-0.3, -0.25) is 9.69 Å². The highest BCUT2D eigenvalue weighted by molar-refractivity contribution is 9.10. The fourth-order valence-electron chi connectivity index (χ4n) is 3.41. The Kier molecular flexibility index (Phi) is 5.06. The third kappa shape index (κ3) is 3.60. The van der Waals surface area contributed by atoms with Gasteiger partial charge < -0.3 is 15.4 Å². The Bertz CT molecular complexity index is 555. The average molecular weight is 382 g/mol. The van der Waals surface area contributed by atoms with Gasteiger partial charge in [0, 0.05) is 36.7 Å². The minimum absolute atomic E-state index is 0.00980. The Labute approximate surface area is 145 Å². The van der Waals surface area contributed by atoms with Gasteiger partial charge in [0.2, 0.25) is 5.91 Å². The van der Waals surface area contributed by atoms with Crippen LogP contribution < -0.4 is 5.73 Å². The van der Waals surface area contributed by atoms with Crippen LogP contribution in [0.2, 0.25) is 0 Å². The Morgan fingerprint density at radius 2 is 1.91 bits per heavy atom.